The highest BCUT2D eigenvalue weighted by molar-refractivity contribution is 9.10. The molecule has 1 aliphatic rings. The van der Waals surface area contributed by atoms with Gasteiger partial charge < -0.3 is 4.90 Å². The van der Waals surface area contributed by atoms with Gasteiger partial charge in [0.05, 0.1) is 13.0 Å². The fourth-order valence-electron chi connectivity index (χ4n) is 2.02. The third kappa shape index (κ3) is 3.48. The van der Waals surface area contributed by atoms with E-state index >= 15 is 0 Å². The summed E-state index contributed by atoms with van der Waals surface area (Å²) >= 11 is 3.26. The van der Waals surface area contributed by atoms with Gasteiger partial charge in [0.1, 0.15) is 0 Å². The average molecular weight is 319 g/mol. The number of halogens is 3. The van der Waals surface area contributed by atoms with E-state index in [1.165, 1.54) is 4.90 Å². The Bertz CT molecular complexity index is 453. The Kier molecular flexibility index (Phi) is 3.94. The molecule has 1 aliphatic heterocycles. The molecule has 2 heterocycles. The molecule has 1 amide bonds. The third-order valence-electron chi connectivity index (χ3n) is 2.86. The van der Waals surface area contributed by atoms with E-state index < -0.39 is 12.5 Å². The monoisotopic (exact) mass is 318 g/mol. The van der Waals surface area contributed by atoms with E-state index in [2.05, 4.69) is 20.9 Å². The maximum Gasteiger partial charge on any atom is 0.265 e. The van der Waals surface area contributed by atoms with Crippen molar-refractivity contribution in [3.8, 4) is 0 Å². The number of rotatable bonds is 2. The van der Waals surface area contributed by atoms with Gasteiger partial charge in [-0.1, -0.05) is 0 Å². The van der Waals surface area contributed by atoms with Gasteiger partial charge in [0, 0.05) is 29.8 Å². The molecule has 1 fully saturated rings. The number of amides is 1. The molecule has 0 unspecified atom stereocenters. The molecule has 1 aromatic heterocycles. The zero-order valence-corrected chi connectivity index (χ0v) is 11.3. The quantitative estimate of drug-likeness (QED) is 0.840. The second-order valence-electron chi connectivity index (χ2n) is 4.46. The van der Waals surface area contributed by atoms with Crippen molar-refractivity contribution >= 4 is 21.8 Å². The summed E-state index contributed by atoms with van der Waals surface area (Å²) in [6.07, 6.45) is 3.53. The summed E-state index contributed by atoms with van der Waals surface area (Å²) in [5.74, 6) is -3.02. The van der Waals surface area contributed by atoms with E-state index in [-0.39, 0.29) is 18.7 Å². The number of carbonyl (C=O) groups excluding carboxylic acids is 1. The van der Waals surface area contributed by atoms with Crippen LogP contribution < -0.4 is 0 Å². The molecule has 0 saturated carbocycles. The fraction of sp³-hybridized carbons (Fsp3) is 0.500. The van der Waals surface area contributed by atoms with Crippen molar-refractivity contribution in [1.29, 1.82) is 0 Å². The SMILES string of the molecule is O=C(Cc1cncc(Br)c1)N1CCCC(F)(F)C1. The Labute approximate surface area is 112 Å². The molecule has 98 valence electrons. The Morgan fingerprint density at radius 2 is 2.28 bits per heavy atom. The first-order chi connectivity index (χ1) is 8.46. The zero-order chi connectivity index (χ0) is 13.2. The molecule has 18 heavy (non-hydrogen) atoms. The van der Waals surface area contributed by atoms with Gasteiger partial charge in [0.25, 0.3) is 5.92 Å². The Morgan fingerprint density at radius 3 is 2.94 bits per heavy atom. The summed E-state index contributed by atoms with van der Waals surface area (Å²) in [5, 5.41) is 0. The highest BCUT2D eigenvalue weighted by atomic mass is 79.9. The Morgan fingerprint density at radius 1 is 1.50 bits per heavy atom. The van der Waals surface area contributed by atoms with Crippen molar-refractivity contribution in [1.82, 2.24) is 9.88 Å². The number of nitrogens with zero attached hydrogens (tertiary/aromatic N) is 2. The van der Waals surface area contributed by atoms with Gasteiger partial charge in [-0.3, -0.25) is 9.78 Å². The van der Waals surface area contributed by atoms with Gasteiger partial charge in [-0.25, -0.2) is 8.78 Å². The van der Waals surface area contributed by atoms with Gasteiger partial charge in [0.15, 0.2) is 0 Å². The minimum absolute atomic E-state index is 0.114. The van der Waals surface area contributed by atoms with E-state index in [1.54, 1.807) is 18.5 Å². The van der Waals surface area contributed by atoms with Crippen LogP contribution in [-0.4, -0.2) is 34.8 Å². The summed E-state index contributed by atoms with van der Waals surface area (Å²) in [6.45, 7) is -0.0525. The van der Waals surface area contributed by atoms with Gasteiger partial charge in [0.2, 0.25) is 5.91 Å². The highest BCUT2D eigenvalue weighted by Crippen LogP contribution is 2.26. The second kappa shape index (κ2) is 5.30. The lowest BCUT2D eigenvalue weighted by Gasteiger charge is -2.32. The van der Waals surface area contributed by atoms with Crippen molar-refractivity contribution in [2.24, 2.45) is 0 Å². The van der Waals surface area contributed by atoms with Crippen LogP contribution in [0.3, 0.4) is 0 Å². The molecule has 0 N–H and O–H groups in total. The molecule has 0 atom stereocenters. The standard InChI is InChI=1S/C12H13BrF2N2O/c13-10-4-9(6-16-7-10)5-11(18)17-3-1-2-12(14,15)8-17/h4,6-7H,1-3,5,8H2. The molecule has 1 aromatic rings. The number of likely N-dealkylation sites (tertiary alicyclic amines) is 1. The van der Waals surface area contributed by atoms with E-state index in [0.717, 1.165) is 10.0 Å². The first kappa shape index (κ1) is 13.4. The topological polar surface area (TPSA) is 33.2 Å². The first-order valence-electron chi connectivity index (χ1n) is 5.71. The lowest BCUT2D eigenvalue weighted by molar-refractivity contribution is -0.140. The van der Waals surface area contributed by atoms with E-state index in [4.69, 9.17) is 0 Å². The predicted octanol–water partition coefficient (Wildman–Crippen LogP) is 2.64. The van der Waals surface area contributed by atoms with Gasteiger partial charge in [-0.05, 0) is 34.0 Å². The average Bonchev–Trinajstić information content (AvgIpc) is 2.27. The summed E-state index contributed by atoms with van der Waals surface area (Å²) in [6, 6.07) is 1.77. The van der Waals surface area contributed by atoms with E-state index in [1.807, 2.05) is 0 Å². The molecule has 3 nitrogen and oxygen atoms in total. The first-order valence-corrected chi connectivity index (χ1v) is 6.51. The van der Waals surface area contributed by atoms with Crippen LogP contribution in [-0.2, 0) is 11.2 Å². The molecule has 6 heteroatoms. The van der Waals surface area contributed by atoms with Crippen LogP contribution >= 0.6 is 15.9 Å². The molecule has 1 saturated heterocycles. The van der Waals surface area contributed by atoms with Crippen molar-refractivity contribution in [2.45, 2.75) is 25.2 Å². The molecule has 0 spiro atoms. The summed E-state index contributed by atoms with van der Waals surface area (Å²) < 4.78 is 27.2. The van der Waals surface area contributed by atoms with Crippen molar-refractivity contribution in [3.63, 3.8) is 0 Å². The maximum atomic E-state index is 13.2. The second-order valence-corrected chi connectivity index (χ2v) is 5.38. The van der Waals surface area contributed by atoms with E-state index in [0.29, 0.717) is 13.0 Å². The van der Waals surface area contributed by atoms with Crippen LogP contribution in [0.25, 0.3) is 0 Å². The highest BCUT2D eigenvalue weighted by Gasteiger charge is 2.36. The Balaban J connectivity index is 2.00. The third-order valence-corrected chi connectivity index (χ3v) is 3.30. The molecule has 0 aliphatic carbocycles. The Hall–Kier alpha value is -1.04. The number of pyridine rings is 1. The van der Waals surface area contributed by atoms with Crippen LogP contribution in [0, 0.1) is 0 Å². The fourth-order valence-corrected chi connectivity index (χ4v) is 2.43. The lowest BCUT2D eigenvalue weighted by Crippen LogP contribution is -2.46. The summed E-state index contributed by atoms with van der Waals surface area (Å²) in [7, 11) is 0. The van der Waals surface area contributed by atoms with Crippen LogP contribution in [0.4, 0.5) is 8.78 Å². The van der Waals surface area contributed by atoms with Crippen LogP contribution in [0.15, 0.2) is 22.9 Å². The molecular weight excluding hydrogens is 306 g/mol. The molecule has 0 aromatic carbocycles. The van der Waals surface area contributed by atoms with Crippen molar-refractivity contribution in [2.75, 3.05) is 13.1 Å². The number of alkyl halides is 2. The normalized spacial score (nSPS) is 18.7. The zero-order valence-electron chi connectivity index (χ0n) is 9.70. The number of carbonyl (C=O) groups is 1. The number of aromatic nitrogens is 1. The largest absolute Gasteiger partial charge is 0.336 e. The van der Waals surface area contributed by atoms with E-state index in [9.17, 15) is 13.6 Å². The van der Waals surface area contributed by atoms with Gasteiger partial charge in [-0.15, -0.1) is 0 Å². The minimum atomic E-state index is -2.75. The summed E-state index contributed by atoms with van der Waals surface area (Å²) in [4.78, 5) is 17.1. The maximum absolute atomic E-state index is 13.2. The molecular formula is C12H13BrF2N2O. The molecule has 0 bridgehead atoms. The summed E-state index contributed by atoms with van der Waals surface area (Å²) in [5.41, 5.74) is 0.725. The van der Waals surface area contributed by atoms with Crippen molar-refractivity contribution < 1.29 is 13.6 Å². The van der Waals surface area contributed by atoms with Crippen LogP contribution in [0.2, 0.25) is 0 Å². The number of hydrogen-bond acceptors (Lipinski definition) is 2. The van der Waals surface area contributed by atoms with Gasteiger partial charge >= 0.3 is 0 Å². The number of piperidine rings is 1. The molecule has 0 radical (unpaired) electrons. The van der Waals surface area contributed by atoms with Crippen molar-refractivity contribution in [3.05, 3.63) is 28.5 Å². The molecule has 2 rings (SSSR count). The predicted molar refractivity (Wildman–Crippen MR) is 66.4 cm³/mol. The lowest BCUT2D eigenvalue weighted by atomic mass is 10.1. The van der Waals surface area contributed by atoms with Crippen LogP contribution in [0.1, 0.15) is 18.4 Å². The number of hydrogen-bond donors (Lipinski definition) is 0. The van der Waals surface area contributed by atoms with Gasteiger partial charge in [-0.2, -0.15) is 0 Å². The smallest absolute Gasteiger partial charge is 0.265 e. The minimum Gasteiger partial charge on any atom is -0.336 e. The van der Waals surface area contributed by atoms with Crippen LogP contribution in [0.5, 0.6) is 0 Å².